The van der Waals surface area contributed by atoms with Crippen molar-refractivity contribution in [1.29, 1.82) is 0 Å². The monoisotopic (exact) mass is 233 g/mol. The second kappa shape index (κ2) is 4.05. The van der Waals surface area contributed by atoms with Gasteiger partial charge in [0.15, 0.2) is 11.0 Å². The Labute approximate surface area is 98.5 Å². The number of nitrogens with zero attached hydrogens (tertiary/aromatic N) is 2. The number of rotatable bonds is 3. The van der Waals surface area contributed by atoms with Crippen LogP contribution < -0.4 is 4.57 Å². The lowest BCUT2D eigenvalue weighted by atomic mass is 10.3. The molecule has 0 amide bonds. The highest BCUT2D eigenvalue weighted by molar-refractivity contribution is 6.74. The van der Waals surface area contributed by atoms with Crippen LogP contribution in [0.15, 0.2) is 30.6 Å². The van der Waals surface area contributed by atoms with Crippen molar-refractivity contribution >= 4 is 19.1 Å². The lowest BCUT2D eigenvalue weighted by molar-refractivity contribution is -0.655. The fraction of sp³-hybridized carbons (Fsp3) is 0.462. The van der Waals surface area contributed by atoms with Crippen LogP contribution in [-0.2, 0) is 12.7 Å². The van der Waals surface area contributed by atoms with E-state index in [-0.39, 0.29) is 0 Å². The van der Waals surface area contributed by atoms with Crippen LogP contribution in [0.3, 0.4) is 0 Å². The van der Waals surface area contributed by atoms with Crippen LogP contribution in [0.2, 0.25) is 19.6 Å². The van der Waals surface area contributed by atoms with E-state index in [1.165, 1.54) is 17.2 Å². The van der Waals surface area contributed by atoms with E-state index < -0.39 is 8.07 Å². The van der Waals surface area contributed by atoms with Gasteiger partial charge in [0.25, 0.3) is 0 Å². The third-order valence-corrected chi connectivity index (χ3v) is 4.05. The van der Waals surface area contributed by atoms with E-state index in [0.29, 0.717) is 0 Å². The maximum atomic E-state index is 2.42. The van der Waals surface area contributed by atoms with Crippen LogP contribution in [0.25, 0.3) is 11.0 Å². The Morgan fingerprint density at radius 1 is 1.19 bits per heavy atom. The van der Waals surface area contributed by atoms with E-state index in [1.54, 1.807) is 0 Å². The quantitative estimate of drug-likeness (QED) is 0.569. The molecule has 0 aliphatic carbocycles. The van der Waals surface area contributed by atoms with E-state index in [1.807, 2.05) is 0 Å². The normalized spacial score (nSPS) is 12.2. The Balaban J connectivity index is 2.53. The van der Waals surface area contributed by atoms with Crippen LogP contribution in [0, 0.1) is 0 Å². The topological polar surface area (TPSA) is 8.81 Å². The van der Waals surface area contributed by atoms with E-state index in [0.717, 1.165) is 6.54 Å². The lowest BCUT2D eigenvalue weighted by Crippen LogP contribution is -2.45. The molecule has 1 heterocycles. The van der Waals surface area contributed by atoms with Gasteiger partial charge in [-0.3, -0.25) is 0 Å². The summed E-state index contributed by atoms with van der Waals surface area (Å²) in [5.74, 6) is 0. The van der Waals surface area contributed by atoms with Gasteiger partial charge in [0.1, 0.15) is 0 Å². The van der Waals surface area contributed by atoms with Crippen molar-refractivity contribution < 1.29 is 4.57 Å². The van der Waals surface area contributed by atoms with Crippen LogP contribution in [-0.4, -0.2) is 12.6 Å². The average Bonchev–Trinajstić information content (AvgIpc) is 2.55. The molecule has 0 aliphatic heterocycles. The van der Waals surface area contributed by atoms with Crippen molar-refractivity contribution in [2.45, 2.75) is 39.3 Å². The van der Waals surface area contributed by atoms with E-state index in [9.17, 15) is 0 Å². The minimum atomic E-state index is -1.07. The summed E-state index contributed by atoms with van der Waals surface area (Å²) < 4.78 is 4.75. The number of imidazole rings is 1. The number of fused-ring (bicyclic) bond motifs is 1. The summed E-state index contributed by atoms with van der Waals surface area (Å²) in [6.07, 6.45) is 3.46. The minimum Gasteiger partial charge on any atom is -0.233 e. The van der Waals surface area contributed by atoms with Crippen LogP contribution in [0.4, 0.5) is 0 Å². The molecule has 0 radical (unpaired) electrons. The second-order valence-corrected chi connectivity index (χ2v) is 11.0. The van der Waals surface area contributed by atoms with Gasteiger partial charge in [-0.05, 0) is 19.1 Å². The van der Waals surface area contributed by atoms with Gasteiger partial charge in [0, 0.05) is 0 Å². The summed E-state index contributed by atoms with van der Waals surface area (Å²) in [5, 5.41) is 0. The molecular formula is C13H21N2Si+. The molecule has 2 nitrogen and oxygen atoms in total. The molecule has 1 aromatic heterocycles. The van der Waals surface area contributed by atoms with Gasteiger partial charge in [-0.2, -0.15) is 0 Å². The molecule has 0 N–H and O–H groups in total. The van der Waals surface area contributed by atoms with Crippen molar-refractivity contribution in [2.75, 3.05) is 0 Å². The van der Waals surface area contributed by atoms with Crippen LogP contribution in [0.5, 0.6) is 0 Å². The number of benzene rings is 1. The van der Waals surface area contributed by atoms with Crippen molar-refractivity contribution in [3.63, 3.8) is 0 Å². The van der Waals surface area contributed by atoms with E-state index in [4.69, 9.17) is 0 Å². The van der Waals surface area contributed by atoms with Crippen LogP contribution >= 0.6 is 0 Å². The Kier molecular flexibility index (Phi) is 2.89. The van der Waals surface area contributed by atoms with Crippen molar-refractivity contribution in [3.8, 4) is 0 Å². The van der Waals surface area contributed by atoms with Crippen molar-refractivity contribution in [3.05, 3.63) is 30.6 Å². The third-order valence-electron chi connectivity index (χ3n) is 2.76. The molecule has 0 atom stereocenters. The first-order valence-electron chi connectivity index (χ1n) is 5.98. The molecule has 0 fully saturated rings. The van der Waals surface area contributed by atoms with Crippen molar-refractivity contribution in [2.24, 2.45) is 0 Å². The third kappa shape index (κ3) is 2.19. The molecule has 2 aromatic rings. The molecule has 2 rings (SSSR count). The van der Waals surface area contributed by atoms with Gasteiger partial charge in [-0.1, -0.05) is 31.8 Å². The average molecular weight is 233 g/mol. The molecule has 0 aliphatic rings. The van der Waals surface area contributed by atoms with Gasteiger partial charge in [-0.25, -0.2) is 9.13 Å². The molecular weight excluding hydrogens is 212 g/mol. The van der Waals surface area contributed by atoms with Gasteiger partial charge in [0.05, 0.1) is 20.8 Å². The molecule has 0 saturated heterocycles. The summed E-state index contributed by atoms with van der Waals surface area (Å²) in [5.41, 5.74) is 2.72. The van der Waals surface area contributed by atoms with E-state index >= 15 is 0 Å². The predicted octanol–water partition coefficient (Wildman–Crippen LogP) is 2.83. The predicted molar refractivity (Wildman–Crippen MR) is 71.2 cm³/mol. The molecule has 3 heteroatoms. The van der Waals surface area contributed by atoms with Gasteiger partial charge >= 0.3 is 0 Å². The van der Waals surface area contributed by atoms with Crippen LogP contribution in [0.1, 0.15) is 6.92 Å². The molecule has 16 heavy (non-hydrogen) atoms. The number of hydrogen-bond acceptors (Lipinski definition) is 0. The smallest absolute Gasteiger partial charge is 0.233 e. The highest BCUT2D eigenvalue weighted by atomic mass is 28.3. The largest absolute Gasteiger partial charge is 0.244 e. The summed E-state index contributed by atoms with van der Waals surface area (Å²) >= 11 is 0. The highest BCUT2D eigenvalue weighted by Gasteiger charge is 2.21. The highest BCUT2D eigenvalue weighted by Crippen LogP contribution is 2.12. The first kappa shape index (κ1) is 11.4. The lowest BCUT2D eigenvalue weighted by Gasteiger charge is -2.12. The Morgan fingerprint density at radius 3 is 2.50 bits per heavy atom. The number of hydrogen-bond donors (Lipinski definition) is 0. The first-order chi connectivity index (χ1) is 7.51. The zero-order valence-corrected chi connectivity index (χ0v) is 11.7. The summed E-state index contributed by atoms with van der Waals surface area (Å²) in [7, 11) is -1.07. The van der Waals surface area contributed by atoms with Gasteiger partial charge in [0.2, 0.25) is 6.33 Å². The number of para-hydroxylation sites is 2. The maximum Gasteiger partial charge on any atom is 0.244 e. The Morgan fingerprint density at radius 2 is 1.88 bits per heavy atom. The summed E-state index contributed by atoms with van der Waals surface area (Å²) in [6, 6.07) is 8.68. The molecule has 0 spiro atoms. The Bertz CT molecular complexity index is 494. The molecule has 1 aromatic carbocycles. The fourth-order valence-electron chi connectivity index (χ4n) is 2.13. The SMILES string of the molecule is CCn1c[n+](C[Si](C)(C)C)c2ccccc21. The zero-order chi connectivity index (χ0) is 11.8. The van der Waals surface area contributed by atoms with E-state index in [2.05, 4.69) is 66.3 Å². The molecule has 0 saturated carbocycles. The zero-order valence-electron chi connectivity index (χ0n) is 10.7. The van der Waals surface area contributed by atoms with Crippen molar-refractivity contribution in [1.82, 2.24) is 4.57 Å². The molecule has 86 valence electrons. The summed E-state index contributed by atoms with van der Waals surface area (Å²) in [4.78, 5) is 0. The standard InChI is InChI=1S/C13H21N2Si/c1-5-14-10-15(11-16(2,3)4)13-9-7-6-8-12(13)14/h6-10H,5,11H2,1-4H3/q+1. The number of aromatic nitrogens is 2. The van der Waals surface area contributed by atoms with Gasteiger partial charge < -0.3 is 0 Å². The maximum absolute atomic E-state index is 2.42. The Hall–Kier alpha value is -1.09. The first-order valence-corrected chi connectivity index (χ1v) is 9.69. The summed E-state index contributed by atoms with van der Waals surface area (Å²) in [6.45, 7) is 10.5. The second-order valence-electron chi connectivity index (χ2n) is 5.58. The molecule has 0 bridgehead atoms. The fourth-order valence-corrected chi connectivity index (χ4v) is 3.41. The molecule has 0 unspecified atom stereocenters. The van der Waals surface area contributed by atoms with Gasteiger partial charge in [-0.15, -0.1) is 0 Å². The number of aryl methyl sites for hydroxylation is 1. The minimum absolute atomic E-state index is 1.04.